The predicted molar refractivity (Wildman–Crippen MR) is 124 cm³/mol. The maximum atomic E-state index is 12.6. The minimum Gasteiger partial charge on any atom is -0.394 e. The van der Waals surface area contributed by atoms with Crippen LogP contribution in [0.4, 0.5) is 0 Å². The van der Waals surface area contributed by atoms with Crippen molar-refractivity contribution < 1.29 is 9.32 Å². The number of halogens is 1. The van der Waals surface area contributed by atoms with Crippen LogP contribution in [0.2, 0.25) is 5.02 Å². The highest BCUT2D eigenvalue weighted by atomic mass is 35.5. The Labute approximate surface area is 186 Å². The van der Waals surface area contributed by atoms with Crippen LogP contribution in [0, 0.1) is 0 Å². The standard InChI is InChI=1S/C22H31ClN4O2S/c1-2-3-18(14-28)24-21-20-19(10-13-30(20)29)25-22(26-21)27-11-8-16(9-12-27)15-4-6-17(23)7-5-15/h4-7,16,18-20,28H,2-3,8-14H2,1H3,(H,24,25,26)/t18-,19?,20?,30?/m1/s1. The zero-order valence-corrected chi connectivity index (χ0v) is 19.0. The lowest BCUT2D eigenvalue weighted by molar-refractivity contribution is 0.260. The summed E-state index contributed by atoms with van der Waals surface area (Å²) in [5, 5.41) is 13.7. The van der Waals surface area contributed by atoms with Crippen molar-refractivity contribution in [3.8, 4) is 0 Å². The van der Waals surface area contributed by atoms with Crippen molar-refractivity contribution in [1.82, 2.24) is 10.2 Å². The number of aliphatic hydroxyl groups is 1. The van der Waals surface area contributed by atoms with Crippen LogP contribution in [0.15, 0.2) is 34.3 Å². The molecule has 3 aliphatic heterocycles. The third kappa shape index (κ3) is 4.73. The van der Waals surface area contributed by atoms with E-state index in [2.05, 4.69) is 29.3 Å². The molecule has 4 atom stereocenters. The van der Waals surface area contributed by atoms with Crippen molar-refractivity contribution in [1.29, 1.82) is 0 Å². The molecule has 1 aromatic carbocycles. The number of aliphatic imine (C=N–C) groups is 2. The molecule has 8 heteroatoms. The highest BCUT2D eigenvalue weighted by Gasteiger charge is 2.42. The second kappa shape index (κ2) is 9.79. The summed E-state index contributed by atoms with van der Waals surface area (Å²) in [6, 6.07) is 8.07. The minimum atomic E-state index is -0.956. The molecular formula is C22H31ClN4O2S. The second-order valence-electron chi connectivity index (χ2n) is 8.39. The Morgan fingerprint density at radius 1 is 1.30 bits per heavy atom. The SMILES string of the molecule is CCC[C@H](CO)N=C1NC(N2CCC(c3ccc(Cl)cc3)CC2)=NC2CCS(=O)C12. The number of hydrogen-bond acceptors (Lipinski definition) is 5. The number of aliphatic hydroxyl groups excluding tert-OH is 1. The van der Waals surface area contributed by atoms with E-state index in [4.69, 9.17) is 21.6 Å². The highest BCUT2D eigenvalue weighted by Crippen LogP contribution is 2.30. The molecule has 0 saturated carbocycles. The zero-order chi connectivity index (χ0) is 21.1. The summed E-state index contributed by atoms with van der Waals surface area (Å²) in [4.78, 5) is 12.0. The minimum absolute atomic E-state index is 0.0159. The van der Waals surface area contributed by atoms with Gasteiger partial charge in [0.2, 0.25) is 0 Å². The van der Waals surface area contributed by atoms with Gasteiger partial charge in [-0.3, -0.25) is 9.20 Å². The third-order valence-electron chi connectivity index (χ3n) is 6.34. The number of benzene rings is 1. The maximum Gasteiger partial charge on any atom is 0.199 e. The molecule has 164 valence electrons. The van der Waals surface area contributed by atoms with Crippen molar-refractivity contribution in [3.05, 3.63) is 34.9 Å². The van der Waals surface area contributed by atoms with Gasteiger partial charge in [0, 0.05) is 34.7 Å². The average molecular weight is 451 g/mol. The van der Waals surface area contributed by atoms with Gasteiger partial charge >= 0.3 is 0 Å². The number of fused-ring (bicyclic) bond motifs is 1. The van der Waals surface area contributed by atoms with E-state index in [-0.39, 0.29) is 23.9 Å². The number of likely N-dealkylation sites (tertiary alicyclic amines) is 1. The van der Waals surface area contributed by atoms with Crippen molar-refractivity contribution in [2.24, 2.45) is 9.98 Å². The Balaban J connectivity index is 1.47. The van der Waals surface area contributed by atoms with E-state index in [1.807, 2.05) is 12.1 Å². The summed E-state index contributed by atoms with van der Waals surface area (Å²) < 4.78 is 12.6. The van der Waals surface area contributed by atoms with Gasteiger partial charge in [0.1, 0.15) is 11.1 Å². The Morgan fingerprint density at radius 3 is 2.70 bits per heavy atom. The third-order valence-corrected chi connectivity index (χ3v) is 8.33. The smallest absolute Gasteiger partial charge is 0.199 e. The zero-order valence-electron chi connectivity index (χ0n) is 17.5. The molecule has 2 N–H and O–H groups in total. The van der Waals surface area contributed by atoms with Crippen LogP contribution >= 0.6 is 11.6 Å². The molecule has 3 unspecified atom stereocenters. The van der Waals surface area contributed by atoms with Crippen LogP contribution in [0.1, 0.15) is 50.5 Å². The maximum absolute atomic E-state index is 12.6. The Hall–Kier alpha value is -1.44. The van der Waals surface area contributed by atoms with Crippen molar-refractivity contribution in [2.45, 2.75) is 62.3 Å². The first kappa shape index (κ1) is 21.8. The number of hydrogen-bond donors (Lipinski definition) is 2. The Kier molecular flexibility index (Phi) is 7.11. The molecule has 0 aliphatic carbocycles. The fourth-order valence-corrected chi connectivity index (χ4v) is 6.43. The molecule has 0 spiro atoms. The summed E-state index contributed by atoms with van der Waals surface area (Å²) in [6.45, 7) is 3.95. The van der Waals surface area contributed by atoms with E-state index in [1.54, 1.807) is 0 Å². The fourth-order valence-electron chi connectivity index (χ4n) is 4.66. The topological polar surface area (TPSA) is 77.3 Å². The number of piperidine rings is 1. The summed E-state index contributed by atoms with van der Waals surface area (Å²) in [6.07, 6.45) is 4.73. The molecular weight excluding hydrogens is 420 g/mol. The van der Waals surface area contributed by atoms with Gasteiger partial charge in [-0.1, -0.05) is 37.1 Å². The number of nitrogens with one attached hydrogen (secondary N) is 1. The van der Waals surface area contributed by atoms with E-state index >= 15 is 0 Å². The fraction of sp³-hybridized carbons (Fsp3) is 0.636. The van der Waals surface area contributed by atoms with E-state index < -0.39 is 10.8 Å². The van der Waals surface area contributed by atoms with E-state index in [9.17, 15) is 9.32 Å². The summed E-state index contributed by atoms with van der Waals surface area (Å²) in [5.41, 5.74) is 1.34. The lowest BCUT2D eigenvalue weighted by Crippen LogP contribution is -2.56. The number of rotatable bonds is 5. The Morgan fingerprint density at radius 2 is 2.03 bits per heavy atom. The first-order valence-corrected chi connectivity index (χ1v) is 12.8. The summed E-state index contributed by atoms with van der Waals surface area (Å²) >= 11 is 6.03. The lowest BCUT2D eigenvalue weighted by Gasteiger charge is -2.38. The lowest BCUT2D eigenvalue weighted by atomic mass is 9.89. The molecule has 0 radical (unpaired) electrons. The summed E-state index contributed by atoms with van der Waals surface area (Å²) in [7, 11) is -0.956. The van der Waals surface area contributed by atoms with E-state index in [0.717, 1.165) is 62.0 Å². The number of amidine groups is 1. The van der Waals surface area contributed by atoms with Gasteiger partial charge in [-0.15, -0.1) is 0 Å². The van der Waals surface area contributed by atoms with Crippen LogP contribution < -0.4 is 5.32 Å². The van der Waals surface area contributed by atoms with Crippen LogP contribution in [0.5, 0.6) is 0 Å². The van der Waals surface area contributed by atoms with Gasteiger partial charge in [0.15, 0.2) is 5.96 Å². The molecule has 6 nitrogen and oxygen atoms in total. The van der Waals surface area contributed by atoms with Crippen LogP contribution in [-0.4, -0.2) is 68.8 Å². The van der Waals surface area contributed by atoms with Gasteiger partial charge in [-0.05, 0) is 49.3 Å². The van der Waals surface area contributed by atoms with Crippen LogP contribution in [0.25, 0.3) is 0 Å². The monoisotopic (exact) mass is 450 g/mol. The molecule has 0 aromatic heterocycles. The van der Waals surface area contributed by atoms with E-state index in [0.29, 0.717) is 11.7 Å². The molecule has 1 aromatic rings. The van der Waals surface area contributed by atoms with Crippen molar-refractivity contribution >= 4 is 34.2 Å². The van der Waals surface area contributed by atoms with Gasteiger partial charge in [-0.2, -0.15) is 0 Å². The quantitative estimate of drug-likeness (QED) is 0.723. The molecule has 4 rings (SSSR count). The van der Waals surface area contributed by atoms with Crippen molar-refractivity contribution in [2.75, 3.05) is 25.4 Å². The molecule has 2 fully saturated rings. The predicted octanol–water partition coefficient (Wildman–Crippen LogP) is 2.93. The second-order valence-corrected chi connectivity index (χ2v) is 10.5. The van der Waals surface area contributed by atoms with Gasteiger partial charge in [0.05, 0.1) is 18.7 Å². The number of guanidine groups is 1. The van der Waals surface area contributed by atoms with Gasteiger partial charge < -0.3 is 15.3 Å². The normalized spacial score (nSPS) is 29.4. The van der Waals surface area contributed by atoms with Gasteiger partial charge in [0.25, 0.3) is 0 Å². The number of nitrogens with zero attached hydrogens (tertiary/aromatic N) is 3. The molecule has 0 bridgehead atoms. The first-order valence-electron chi connectivity index (χ1n) is 11.0. The van der Waals surface area contributed by atoms with Crippen LogP contribution in [0.3, 0.4) is 0 Å². The largest absolute Gasteiger partial charge is 0.394 e. The highest BCUT2D eigenvalue weighted by molar-refractivity contribution is 7.86. The Bertz CT molecular complexity index is 821. The molecule has 3 aliphatic rings. The average Bonchev–Trinajstić information content (AvgIpc) is 3.15. The van der Waals surface area contributed by atoms with Gasteiger partial charge in [-0.25, -0.2) is 4.99 Å². The van der Waals surface area contributed by atoms with Crippen molar-refractivity contribution in [3.63, 3.8) is 0 Å². The molecule has 0 amide bonds. The molecule has 2 saturated heterocycles. The molecule has 3 heterocycles. The van der Waals surface area contributed by atoms with Crippen LogP contribution in [-0.2, 0) is 10.8 Å². The first-order chi connectivity index (χ1) is 14.6. The summed E-state index contributed by atoms with van der Waals surface area (Å²) in [5.74, 6) is 2.82. The van der Waals surface area contributed by atoms with E-state index in [1.165, 1.54) is 5.56 Å². The molecule has 30 heavy (non-hydrogen) atoms.